The molecule has 2 amide bonds. The number of anilines is 1. The van der Waals surface area contributed by atoms with E-state index in [4.69, 9.17) is 16.7 Å². The lowest BCUT2D eigenvalue weighted by Crippen LogP contribution is -2.44. The van der Waals surface area contributed by atoms with E-state index in [0.29, 0.717) is 22.0 Å². The molecule has 11 heteroatoms. The van der Waals surface area contributed by atoms with Crippen LogP contribution in [0.3, 0.4) is 0 Å². The summed E-state index contributed by atoms with van der Waals surface area (Å²) < 4.78 is 1.44. The number of hydrogen-bond acceptors (Lipinski definition) is 6. The predicted octanol–water partition coefficient (Wildman–Crippen LogP) is 3.39. The van der Waals surface area contributed by atoms with E-state index in [2.05, 4.69) is 26.2 Å². The summed E-state index contributed by atoms with van der Waals surface area (Å²) in [6, 6.07) is 19.2. The fraction of sp³-hybridized carbons (Fsp3) is 0.0769. The molecule has 1 atom stereocenters. The molecule has 10 nitrogen and oxygen atoms in total. The van der Waals surface area contributed by atoms with Crippen LogP contribution in [0.4, 0.5) is 5.69 Å². The van der Waals surface area contributed by atoms with Crippen LogP contribution in [-0.2, 0) is 16.0 Å². The molecule has 0 aliphatic heterocycles. The lowest BCUT2D eigenvalue weighted by atomic mass is 10.0. The first-order valence-electron chi connectivity index (χ1n) is 11.1. The molecule has 0 aliphatic carbocycles. The topological polar surface area (TPSA) is 139 Å². The minimum absolute atomic E-state index is 0.0966. The van der Waals surface area contributed by atoms with Crippen molar-refractivity contribution < 1.29 is 19.5 Å². The van der Waals surface area contributed by atoms with Crippen molar-refractivity contribution in [2.45, 2.75) is 12.5 Å². The van der Waals surface area contributed by atoms with Gasteiger partial charge in [0.2, 0.25) is 11.8 Å². The molecule has 0 radical (unpaired) electrons. The molecule has 4 aromatic rings. The van der Waals surface area contributed by atoms with E-state index < -0.39 is 23.8 Å². The van der Waals surface area contributed by atoms with Gasteiger partial charge in [-0.05, 0) is 64.5 Å². The number of carboxylic acid groups (broad SMARTS) is 1. The molecule has 0 fully saturated rings. The maximum atomic E-state index is 13.1. The van der Waals surface area contributed by atoms with E-state index in [-0.39, 0.29) is 12.0 Å². The number of hydrogen-bond donors (Lipinski definition) is 3. The van der Waals surface area contributed by atoms with Crippen LogP contribution in [-0.4, -0.2) is 49.1 Å². The van der Waals surface area contributed by atoms with Crippen LogP contribution in [0, 0.1) is 0 Å². The Labute approximate surface area is 216 Å². The lowest BCUT2D eigenvalue weighted by Gasteiger charge is -2.18. The number of carbonyl (C=O) groups is 3. The first kappa shape index (κ1) is 25.3. The Balaban J connectivity index is 1.51. The highest BCUT2D eigenvalue weighted by Gasteiger charge is 2.21. The quantitative estimate of drug-likeness (QED) is 0.290. The summed E-state index contributed by atoms with van der Waals surface area (Å²) in [6.45, 7) is 0. The number of carboxylic acids is 1. The number of carbonyl (C=O) groups excluding carboxylic acids is 2. The van der Waals surface area contributed by atoms with E-state index in [1.165, 1.54) is 41.4 Å². The average molecular weight is 517 g/mol. The van der Waals surface area contributed by atoms with Gasteiger partial charge in [0.1, 0.15) is 12.4 Å². The van der Waals surface area contributed by atoms with Crippen LogP contribution in [0.15, 0.2) is 85.2 Å². The Bertz CT molecular complexity index is 1420. The van der Waals surface area contributed by atoms with Gasteiger partial charge in [0.05, 0.1) is 11.3 Å². The molecule has 1 heterocycles. The number of aromatic nitrogens is 4. The molecule has 186 valence electrons. The minimum Gasteiger partial charge on any atom is -0.478 e. The molecule has 0 aliphatic rings. The maximum absolute atomic E-state index is 13.1. The van der Waals surface area contributed by atoms with Crippen LogP contribution in [0.1, 0.15) is 21.5 Å². The van der Waals surface area contributed by atoms with Gasteiger partial charge in [-0.3, -0.25) is 9.59 Å². The highest BCUT2D eigenvalue weighted by Crippen LogP contribution is 2.20. The third kappa shape index (κ3) is 6.86. The summed E-state index contributed by atoms with van der Waals surface area (Å²) >= 11 is 6.13. The van der Waals surface area contributed by atoms with Gasteiger partial charge in [-0.1, -0.05) is 41.9 Å². The summed E-state index contributed by atoms with van der Waals surface area (Å²) in [5.41, 5.74) is 2.56. The monoisotopic (exact) mass is 516 g/mol. The summed E-state index contributed by atoms with van der Waals surface area (Å²) in [5, 5.41) is 26.1. The zero-order valence-corrected chi connectivity index (χ0v) is 20.0. The van der Waals surface area contributed by atoms with E-state index in [1.54, 1.807) is 24.3 Å². The Morgan fingerprint density at radius 1 is 1.03 bits per heavy atom. The van der Waals surface area contributed by atoms with Gasteiger partial charge in [-0.15, -0.1) is 5.10 Å². The molecule has 0 spiro atoms. The molecule has 3 N–H and O–H groups in total. The largest absolute Gasteiger partial charge is 0.478 e. The van der Waals surface area contributed by atoms with Crippen molar-refractivity contribution in [1.82, 2.24) is 25.5 Å². The number of halogens is 1. The highest BCUT2D eigenvalue weighted by molar-refractivity contribution is 6.30. The molecular weight excluding hydrogens is 496 g/mol. The fourth-order valence-electron chi connectivity index (χ4n) is 3.51. The van der Waals surface area contributed by atoms with Crippen molar-refractivity contribution >= 4 is 41.1 Å². The molecule has 3 aromatic carbocycles. The van der Waals surface area contributed by atoms with Gasteiger partial charge >= 0.3 is 5.97 Å². The summed E-state index contributed by atoms with van der Waals surface area (Å²) in [6.07, 6.45) is 4.52. The van der Waals surface area contributed by atoms with Crippen LogP contribution in [0.2, 0.25) is 5.02 Å². The van der Waals surface area contributed by atoms with Crippen molar-refractivity contribution in [3.8, 4) is 5.69 Å². The Hall–Kier alpha value is -4.83. The average Bonchev–Trinajstić information content (AvgIpc) is 3.43. The molecule has 37 heavy (non-hydrogen) atoms. The zero-order valence-electron chi connectivity index (χ0n) is 19.3. The first-order valence-corrected chi connectivity index (χ1v) is 11.5. The third-order valence-corrected chi connectivity index (χ3v) is 5.55. The second-order valence-electron chi connectivity index (χ2n) is 7.91. The smallest absolute Gasteiger partial charge is 0.335 e. The van der Waals surface area contributed by atoms with Crippen molar-refractivity contribution in [3.63, 3.8) is 0 Å². The number of tetrazole rings is 1. The number of nitrogens with zero attached hydrogens (tertiary/aromatic N) is 4. The highest BCUT2D eigenvalue weighted by atomic mass is 35.5. The van der Waals surface area contributed by atoms with Crippen molar-refractivity contribution in [1.29, 1.82) is 0 Å². The molecule has 1 aromatic heterocycles. The Morgan fingerprint density at radius 2 is 1.78 bits per heavy atom. The second kappa shape index (κ2) is 11.7. The normalized spacial score (nSPS) is 11.7. The van der Waals surface area contributed by atoms with Gasteiger partial charge in [-0.25, -0.2) is 4.79 Å². The number of aromatic carboxylic acids is 1. The maximum Gasteiger partial charge on any atom is 0.335 e. The lowest BCUT2D eigenvalue weighted by molar-refractivity contribution is -0.123. The van der Waals surface area contributed by atoms with Crippen molar-refractivity contribution in [3.05, 3.63) is 107 Å². The standard InChI is InChI=1S/C26H21ClN6O4/c27-20-9-12-23(33-16-28-31-32-33)19(15-20)8-13-24(34)30-22(14-17-4-2-1-3-5-17)25(35)29-21-10-6-18(7-11-21)26(36)37/h1-13,15-16,22H,14H2,(H,29,35)(H,30,34)(H,36,37). The van der Waals surface area contributed by atoms with E-state index in [9.17, 15) is 14.4 Å². The summed E-state index contributed by atoms with van der Waals surface area (Å²) in [7, 11) is 0. The minimum atomic E-state index is -1.07. The molecule has 0 saturated heterocycles. The second-order valence-corrected chi connectivity index (χ2v) is 8.35. The summed E-state index contributed by atoms with van der Waals surface area (Å²) in [5.74, 6) is -2.02. The molecule has 1 unspecified atom stereocenters. The van der Waals surface area contributed by atoms with Gasteiger partial charge < -0.3 is 15.7 Å². The summed E-state index contributed by atoms with van der Waals surface area (Å²) in [4.78, 5) is 37.0. The zero-order chi connectivity index (χ0) is 26.2. The van der Waals surface area contributed by atoms with Gasteiger partial charge in [0.15, 0.2) is 0 Å². The van der Waals surface area contributed by atoms with Gasteiger partial charge in [-0.2, -0.15) is 4.68 Å². The number of amides is 2. The van der Waals surface area contributed by atoms with E-state index in [1.807, 2.05) is 30.3 Å². The van der Waals surface area contributed by atoms with Crippen LogP contribution < -0.4 is 10.6 Å². The van der Waals surface area contributed by atoms with E-state index in [0.717, 1.165) is 5.56 Å². The van der Waals surface area contributed by atoms with Gasteiger partial charge in [0, 0.05) is 28.8 Å². The molecule has 4 rings (SSSR count). The first-order chi connectivity index (χ1) is 17.9. The van der Waals surface area contributed by atoms with Crippen LogP contribution >= 0.6 is 11.6 Å². The third-order valence-electron chi connectivity index (χ3n) is 5.31. The molecule has 0 saturated carbocycles. The van der Waals surface area contributed by atoms with Crippen molar-refractivity contribution in [2.75, 3.05) is 5.32 Å². The molecule has 0 bridgehead atoms. The van der Waals surface area contributed by atoms with Crippen LogP contribution in [0.5, 0.6) is 0 Å². The SMILES string of the molecule is O=C(C=Cc1cc(Cl)ccc1-n1cnnn1)NC(Cc1ccccc1)C(=O)Nc1ccc(C(=O)O)cc1. The fourth-order valence-corrected chi connectivity index (χ4v) is 3.69. The van der Waals surface area contributed by atoms with E-state index >= 15 is 0 Å². The Morgan fingerprint density at radius 3 is 2.46 bits per heavy atom. The number of benzene rings is 3. The predicted molar refractivity (Wildman–Crippen MR) is 137 cm³/mol. The van der Waals surface area contributed by atoms with Crippen LogP contribution in [0.25, 0.3) is 11.8 Å². The number of nitrogens with one attached hydrogen (secondary N) is 2. The molecular formula is C26H21ClN6O4. The Kier molecular flexibility index (Phi) is 8.01. The van der Waals surface area contributed by atoms with Crippen molar-refractivity contribution in [2.24, 2.45) is 0 Å². The number of rotatable bonds is 9. The van der Waals surface area contributed by atoms with Gasteiger partial charge in [0.25, 0.3) is 0 Å².